The van der Waals surface area contributed by atoms with Crippen molar-refractivity contribution in [2.24, 2.45) is 5.92 Å². The molecule has 0 heterocycles. The zero-order valence-electron chi connectivity index (χ0n) is 11.6. The standard InChI is InChI=1S/C18H24O/c19-18(16-11-5-2-6-12-16)14-8-7-13-17(18)15-9-3-1-4-10-15/h2,5-6,9,11-12,17,19H,1,3-4,7-8,10,13-14H2/t17-,18+/m0/s1. The van der Waals surface area contributed by atoms with Crippen LogP contribution < -0.4 is 0 Å². The fraction of sp³-hybridized carbons (Fsp3) is 0.556. The summed E-state index contributed by atoms with van der Waals surface area (Å²) in [5, 5.41) is 11.3. The number of aliphatic hydroxyl groups is 1. The molecule has 1 aromatic rings. The highest BCUT2D eigenvalue weighted by Gasteiger charge is 2.41. The minimum absolute atomic E-state index is 0.351. The van der Waals surface area contributed by atoms with Crippen molar-refractivity contribution in [1.82, 2.24) is 0 Å². The molecule has 1 fully saturated rings. The molecule has 0 radical (unpaired) electrons. The average Bonchev–Trinajstić information content (AvgIpc) is 2.49. The van der Waals surface area contributed by atoms with E-state index in [1.807, 2.05) is 18.2 Å². The summed E-state index contributed by atoms with van der Waals surface area (Å²) < 4.78 is 0. The molecular weight excluding hydrogens is 232 g/mol. The lowest BCUT2D eigenvalue weighted by molar-refractivity contribution is -0.0413. The monoisotopic (exact) mass is 256 g/mol. The van der Waals surface area contributed by atoms with Gasteiger partial charge in [0, 0.05) is 5.92 Å². The van der Waals surface area contributed by atoms with Crippen molar-refractivity contribution >= 4 is 0 Å². The smallest absolute Gasteiger partial charge is 0.0961 e. The molecule has 1 heteroatoms. The van der Waals surface area contributed by atoms with Crippen LogP contribution in [0.5, 0.6) is 0 Å². The third-order valence-electron chi connectivity index (χ3n) is 4.92. The normalized spacial score (nSPS) is 31.8. The molecule has 0 amide bonds. The predicted octanol–water partition coefficient (Wildman–Crippen LogP) is 4.56. The van der Waals surface area contributed by atoms with Crippen LogP contribution in [0.15, 0.2) is 42.0 Å². The quantitative estimate of drug-likeness (QED) is 0.769. The van der Waals surface area contributed by atoms with E-state index in [2.05, 4.69) is 18.2 Å². The third-order valence-corrected chi connectivity index (χ3v) is 4.92. The molecule has 19 heavy (non-hydrogen) atoms. The van der Waals surface area contributed by atoms with Gasteiger partial charge in [0.05, 0.1) is 5.60 Å². The van der Waals surface area contributed by atoms with Gasteiger partial charge in [-0.2, -0.15) is 0 Å². The summed E-state index contributed by atoms with van der Waals surface area (Å²) in [5.41, 5.74) is 2.02. The molecule has 0 bridgehead atoms. The number of hydrogen-bond acceptors (Lipinski definition) is 1. The van der Waals surface area contributed by atoms with E-state index in [4.69, 9.17) is 0 Å². The highest BCUT2D eigenvalue weighted by atomic mass is 16.3. The SMILES string of the molecule is O[C@@]1(c2ccccc2)CCCC[C@H]1C1=CCCCC1. The van der Waals surface area contributed by atoms with Crippen molar-refractivity contribution in [2.45, 2.75) is 57.0 Å². The van der Waals surface area contributed by atoms with E-state index < -0.39 is 5.60 Å². The molecule has 2 atom stereocenters. The van der Waals surface area contributed by atoms with Gasteiger partial charge in [-0.05, 0) is 44.1 Å². The zero-order chi connectivity index (χ0) is 13.1. The highest BCUT2D eigenvalue weighted by Crippen LogP contribution is 2.47. The molecule has 1 nitrogen and oxygen atoms in total. The van der Waals surface area contributed by atoms with Crippen molar-refractivity contribution in [2.75, 3.05) is 0 Å². The molecule has 1 N–H and O–H groups in total. The van der Waals surface area contributed by atoms with Crippen molar-refractivity contribution in [3.63, 3.8) is 0 Å². The first kappa shape index (κ1) is 12.9. The Morgan fingerprint density at radius 2 is 1.84 bits per heavy atom. The second-order valence-electron chi connectivity index (χ2n) is 6.11. The topological polar surface area (TPSA) is 20.2 Å². The first-order valence-electron chi connectivity index (χ1n) is 7.77. The Morgan fingerprint density at radius 3 is 2.58 bits per heavy atom. The molecule has 1 saturated carbocycles. The van der Waals surface area contributed by atoms with E-state index in [0.717, 1.165) is 24.8 Å². The molecule has 3 rings (SSSR count). The van der Waals surface area contributed by atoms with Crippen LogP contribution in [0.1, 0.15) is 56.9 Å². The summed E-state index contributed by atoms with van der Waals surface area (Å²) >= 11 is 0. The van der Waals surface area contributed by atoms with Gasteiger partial charge in [-0.15, -0.1) is 0 Å². The molecule has 1 aromatic carbocycles. The van der Waals surface area contributed by atoms with E-state index in [9.17, 15) is 5.11 Å². The van der Waals surface area contributed by atoms with Gasteiger partial charge in [-0.25, -0.2) is 0 Å². The first-order valence-corrected chi connectivity index (χ1v) is 7.77. The van der Waals surface area contributed by atoms with Gasteiger partial charge < -0.3 is 5.11 Å². The maximum Gasteiger partial charge on any atom is 0.0961 e. The molecule has 2 aliphatic rings. The van der Waals surface area contributed by atoms with Gasteiger partial charge >= 0.3 is 0 Å². The fourth-order valence-electron chi connectivity index (χ4n) is 3.90. The van der Waals surface area contributed by atoms with Gasteiger partial charge in [0.15, 0.2) is 0 Å². The van der Waals surface area contributed by atoms with Gasteiger partial charge in [-0.3, -0.25) is 0 Å². The van der Waals surface area contributed by atoms with Gasteiger partial charge in [0.2, 0.25) is 0 Å². The summed E-state index contributed by atoms with van der Waals surface area (Å²) in [6, 6.07) is 10.3. The largest absolute Gasteiger partial charge is 0.385 e. The predicted molar refractivity (Wildman–Crippen MR) is 78.8 cm³/mol. The van der Waals surface area contributed by atoms with E-state index in [1.54, 1.807) is 0 Å². The van der Waals surface area contributed by atoms with E-state index >= 15 is 0 Å². The average molecular weight is 256 g/mol. The molecule has 0 spiro atoms. The van der Waals surface area contributed by atoms with Crippen LogP contribution in [0.4, 0.5) is 0 Å². The summed E-state index contributed by atoms with van der Waals surface area (Å²) in [6.45, 7) is 0. The summed E-state index contributed by atoms with van der Waals surface area (Å²) in [6.07, 6.45) is 11.9. The van der Waals surface area contributed by atoms with Crippen LogP contribution in [0.25, 0.3) is 0 Å². The second-order valence-corrected chi connectivity index (χ2v) is 6.11. The van der Waals surface area contributed by atoms with Crippen LogP contribution >= 0.6 is 0 Å². The first-order chi connectivity index (χ1) is 9.31. The molecule has 2 aliphatic carbocycles. The van der Waals surface area contributed by atoms with Crippen molar-refractivity contribution < 1.29 is 5.11 Å². The Morgan fingerprint density at radius 1 is 1.00 bits per heavy atom. The molecule has 0 aromatic heterocycles. The Balaban J connectivity index is 1.94. The number of benzene rings is 1. The number of rotatable bonds is 2. The fourth-order valence-corrected chi connectivity index (χ4v) is 3.90. The number of hydrogen-bond donors (Lipinski definition) is 1. The van der Waals surface area contributed by atoms with Gasteiger partial charge in [-0.1, -0.05) is 54.8 Å². The zero-order valence-corrected chi connectivity index (χ0v) is 11.6. The lowest BCUT2D eigenvalue weighted by Gasteiger charge is -2.42. The molecule has 0 unspecified atom stereocenters. The summed E-state index contributed by atoms with van der Waals surface area (Å²) in [7, 11) is 0. The molecule has 0 saturated heterocycles. The Bertz CT molecular complexity index is 448. The third kappa shape index (κ3) is 2.49. The van der Waals surface area contributed by atoms with Crippen molar-refractivity contribution in [3.8, 4) is 0 Å². The Hall–Kier alpha value is -1.08. The van der Waals surface area contributed by atoms with Gasteiger partial charge in [0.25, 0.3) is 0 Å². The van der Waals surface area contributed by atoms with E-state index in [0.29, 0.717) is 5.92 Å². The maximum atomic E-state index is 11.3. The van der Waals surface area contributed by atoms with E-state index in [1.165, 1.54) is 37.7 Å². The minimum atomic E-state index is -0.622. The number of allylic oxidation sites excluding steroid dienone is 1. The summed E-state index contributed by atoms with van der Waals surface area (Å²) in [4.78, 5) is 0. The molecular formula is C18H24O. The van der Waals surface area contributed by atoms with Crippen LogP contribution in [0.3, 0.4) is 0 Å². The highest BCUT2D eigenvalue weighted by molar-refractivity contribution is 5.28. The minimum Gasteiger partial charge on any atom is -0.385 e. The summed E-state index contributed by atoms with van der Waals surface area (Å²) in [5.74, 6) is 0.351. The van der Waals surface area contributed by atoms with Crippen LogP contribution in [0, 0.1) is 5.92 Å². The maximum absolute atomic E-state index is 11.3. The van der Waals surface area contributed by atoms with Crippen molar-refractivity contribution in [1.29, 1.82) is 0 Å². The van der Waals surface area contributed by atoms with Crippen LogP contribution in [-0.2, 0) is 5.60 Å². The van der Waals surface area contributed by atoms with Crippen LogP contribution in [-0.4, -0.2) is 5.11 Å². The lowest BCUT2D eigenvalue weighted by Crippen LogP contribution is -2.39. The Labute approximate surface area is 116 Å². The van der Waals surface area contributed by atoms with Gasteiger partial charge in [0.1, 0.15) is 0 Å². The second kappa shape index (κ2) is 5.50. The van der Waals surface area contributed by atoms with Crippen LogP contribution in [0.2, 0.25) is 0 Å². The molecule has 0 aliphatic heterocycles. The molecule has 102 valence electrons. The lowest BCUT2D eigenvalue weighted by atomic mass is 9.67. The van der Waals surface area contributed by atoms with E-state index in [-0.39, 0.29) is 0 Å². The van der Waals surface area contributed by atoms with Crippen molar-refractivity contribution in [3.05, 3.63) is 47.5 Å². The Kier molecular flexibility index (Phi) is 3.74.